The largest absolute Gasteiger partial charge is 0.483 e. The number of rotatable bonds is 5. The second-order valence-corrected chi connectivity index (χ2v) is 3.51. The highest BCUT2D eigenvalue weighted by molar-refractivity contribution is 5.79. The van der Waals surface area contributed by atoms with Gasteiger partial charge in [-0.05, 0) is 31.0 Å². The lowest BCUT2D eigenvalue weighted by Gasteiger charge is -2.06. The Morgan fingerprint density at radius 3 is 2.87 bits per heavy atom. The van der Waals surface area contributed by atoms with E-state index in [1.807, 2.05) is 13.8 Å². The number of ether oxygens (including phenoxy) is 1. The van der Waals surface area contributed by atoms with Crippen LogP contribution in [-0.4, -0.2) is 12.4 Å². The smallest absolute Gasteiger partial charge is 0.170 e. The van der Waals surface area contributed by atoms with Crippen LogP contribution in [0.25, 0.3) is 0 Å². The number of benzene rings is 1. The van der Waals surface area contributed by atoms with Gasteiger partial charge in [0.2, 0.25) is 0 Å². The molecule has 0 aliphatic rings. The number of carbonyl (C=O) groups excluding carboxylic acids is 1. The summed E-state index contributed by atoms with van der Waals surface area (Å²) in [5.41, 5.74) is 0.911. The van der Waals surface area contributed by atoms with Crippen LogP contribution in [0.1, 0.15) is 25.3 Å². The summed E-state index contributed by atoms with van der Waals surface area (Å²) in [5.74, 6) is -0.275. The first kappa shape index (κ1) is 11.7. The van der Waals surface area contributed by atoms with Crippen molar-refractivity contribution in [2.24, 2.45) is 0 Å². The average molecular weight is 210 g/mol. The molecule has 0 N–H and O–H groups in total. The summed E-state index contributed by atoms with van der Waals surface area (Å²) in [4.78, 5) is 11.2. The minimum absolute atomic E-state index is 0.00148. The van der Waals surface area contributed by atoms with Gasteiger partial charge in [0.05, 0.1) is 0 Å². The van der Waals surface area contributed by atoms with Gasteiger partial charge in [-0.1, -0.05) is 13.0 Å². The topological polar surface area (TPSA) is 26.3 Å². The van der Waals surface area contributed by atoms with Crippen LogP contribution in [0.3, 0.4) is 0 Å². The first-order valence-electron chi connectivity index (χ1n) is 5.04. The quantitative estimate of drug-likeness (QED) is 0.747. The highest BCUT2D eigenvalue weighted by Crippen LogP contribution is 2.18. The van der Waals surface area contributed by atoms with E-state index in [9.17, 15) is 9.18 Å². The molecule has 0 heterocycles. The molecule has 0 bridgehead atoms. The summed E-state index contributed by atoms with van der Waals surface area (Å²) in [7, 11) is 0. The van der Waals surface area contributed by atoms with Gasteiger partial charge in [-0.25, -0.2) is 4.39 Å². The van der Waals surface area contributed by atoms with Gasteiger partial charge in [-0.3, -0.25) is 4.79 Å². The summed E-state index contributed by atoms with van der Waals surface area (Å²) >= 11 is 0. The summed E-state index contributed by atoms with van der Waals surface area (Å²) in [5, 5.41) is 0. The zero-order chi connectivity index (χ0) is 11.3. The van der Waals surface area contributed by atoms with Crippen LogP contribution in [0.5, 0.6) is 5.75 Å². The van der Waals surface area contributed by atoms with Gasteiger partial charge in [-0.2, -0.15) is 0 Å². The average Bonchev–Trinajstić information content (AvgIpc) is 2.20. The van der Waals surface area contributed by atoms with E-state index in [1.165, 1.54) is 6.07 Å². The van der Waals surface area contributed by atoms with Crippen LogP contribution in [-0.2, 0) is 4.79 Å². The number of hydrogen-bond donors (Lipinski definition) is 0. The van der Waals surface area contributed by atoms with Crippen molar-refractivity contribution in [2.75, 3.05) is 6.61 Å². The molecular weight excluding hydrogens is 195 g/mol. The maximum atomic E-state index is 13.2. The molecular formula is C12H15FO2. The molecule has 0 saturated heterocycles. The highest BCUT2D eigenvalue weighted by Gasteiger charge is 2.06. The fraction of sp³-hybridized carbons (Fsp3) is 0.417. The molecule has 3 heteroatoms. The van der Waals surface area contributed by atoms with E-state index in [1.54, 1.807) is 12.1 Å². The van der Waals surface area contributed by atoms with Gasteiger partial charge in [0, 0.05) is 6.42 Å². The van der Waals surface area contributed by atoms with Crippen LogP contribution in [0, 0.1) is 12.7 Å². The van der Waals surface area contributed by atoms with Crippen LogP contribution < -0.4 is 4.74 Å². The Labute approximate surface area is 89.1 Å². The number of carbonyl (C=O) groups is 1. The predicted octanol–water partition coefficient (Wildman–Crippen LogP) is 2.88. The summed E-state index contributed by atoms with van der Waals surface area (Å²) in [6.07, 6.45) is 1.27. The summed E-state index contributed by atoms with van der Waals surface area (Å²) < 4.78 is 18.3. The molecule has 0 unspecified atom stereocenters. The summed E-state index contributed by atoms with van der Waals surface area (Å²) in [6.45, 7) is 3.72. The molecule has 1 aromatic carbocycles. The normalized spacial score (nSPS) is 10.1. The van der Waals surface area contributed by atoms with Crippen molar-refractivity contribution in [1.82, 2.24) is 0 Å². The van der Waals surface area contributed by atoms with Crippen molar-refractivity contribution in [1.29, 1.82) is 0 Å². The Morgan fingerprint density at radius 1 is 1.47 bits per heavy atom. The monoisotopic (exact) mass is 210 g/mol. The van der Waals surface area contributed by atoms with Crippen molar-refractivity contribution < 1.29 is 13.9 Å². The third-order valence-electron chi connectivity index (χ3n) is 2.00. The van der Waals surface area contributed by atoms with E-state index in [0.29, 0.717) is 6.42 Å². The lowest BCUT2D eigenvalue weighted by molar-refractivity contribution is -0.121. The number of Topliss-reactive ketones (excluding diaryl/α,β-unsaturated/α-hetero) is 1. The zero-order valence-electron chi connectivity index (χ0n) is 9.05. The molecule has 0 aliphatic heterocycles. The van der Waals surface area contributed by atoms with Crippen molar-refractivity contribution in [3.8, 4) is 5.75 Å². The van der Waals surface area contributed by atoms with Crippen molar-refractivity contribution in [3.05, 3.63) is 29.6 Å². The van der Waals surface area contributed by atoms with Crippen molar-refractivity contribution in [3.63, 3.8) is 0 Å². The van der Waals surface area contributed by atoms with Gasteiger partial charge in [0.15, 0.2) is 17.3 Å². The van der Waals surface area contributed by atoms with E-state index in [0.717, 1.165) is 12.0 Å². The molecule has 2 nitrogen and oxygen atoms in total. The molecule has 15 heavy (non-hydrogen) atoms. The second-order valence-electron chi connectivity index (χ2n) is 3.51. The number of aryl methyl sites for hydroxylation is 1. The first-order chi connectivity index (χ1) is 7.13. The summed E-state index contributed by atoms with van der Waals surface area (Å²) in [6, 6.07) is 4.60. The second kappa shape index (κ2) is 5.49. The molecule has 0 saturated carbocycles. The van der Waals surface area contributed by atoms with E-state index in [-0.39, 0.29) is 18.1 Å². The highest BCUT2D eigenvalue weighted by atomic mass is 19.1. The lowest BCUT2D eigenvalue weighted by Crippen LogP contribution is -2.11. The van der Waals surface area contributed by atoms with Crippen LogP contribution in [0.15, 0.2) is 18.2 Å². The Hall–Kier alpha value is -1.38. The van der Waals surface area contributed by atoms with E-state index >= 15 is 0 Å². The molecule has 82 valence electrons. The van der Waals surface area contributed by atoms with Crippen LogP contribution >= 0.6 is 0 Å². The fourth-order valence-electron chi connectivity index (χ4n) is 1.23. The maximum absolute atomic E-state index is 13.2. The number of hydrogen-bond acceptors (Lipinski definition) is 2. The Morgan fingerprint density at radius 2 is 2.20 bits per heavy atom. The van der Waals surface area contributed by atoms with Crippen LogP contribution in [0.4, 0.5) is 4.39 Å². The molecule has 1 rings (SSSR count). The zero-order valence-corrected chi connectivity index (χ0v) is 9.05. The van der Waals surface area contributed by atoms with Gasteiger partial charge in [-0.15, -0.1) is 0 Å². The van der Waals surface area contributed by atoms with E-state index in [4.69, 9.17) is 4.74 Å². The molecule has 0 aromatic heterocycles. The molecule has 1 aromatic rings. The van der Waals surface area contributed by atoms with Gasteiger partial charge in [0.1, 0.15) is 6.61 Å². The van der Waals surface area contributed by atoms with Gasteiger partial charge >= 0.3 is 0 Å². The first-order valence-corrected chi connectivity index (χ1v) is 5.04. The minimum atomic E-state index is -0.426. The van der Waals surface area contributed by atoms with E-state index in [2.05, 4.69) is 0 Å². The third kappa shape index (κ3) is 3.70. The van der Waals surface area contributed by atoms with Gasteiger partial charge in [0.25, 0.3) is 0 Å². The fourth-order valence-corrected chi connectivity index (χ4v) is 1.23. The predicted molar refractivity (Wildman–Crippen MR) is 56.5 cm³/mol. The molecule has 0 radical (unpaired) electrons. The Balaban J connectivity index is 2.57. The SMILES string of the molecule is CCCC(=O)COc1cc(C)ccc1F. The maximum Gasteiger partial charge on any atom is 0.170 e. The van der Waals surface area contributed by atoms with Crippen molar-refractivity contribution >= 4 is 5.78 Å². The van der Waals surface area contributed by atoms with Crippen molar-refractivity contribution in [2.45, 2.75) is 26.7 Å². The Bertz CT molecular complexity index is 347. The number of ketones is 1. The molecule has 0 aliphatic carbocycles. The Kier molecular flexibility index (Phi) is 4.28. The third-order valence-corrected chi connectivity index (χ3v) is 2.00. The number of halogens is 1. The lowest BCUT2D eigenvalue weighted by atomic mass is 10.2. The minimum Gasteiger partial charge on any atom is -0.483 e. The van der Waals surface area contributed by atoms with Crippen LogP contribution in [0.2, 0.25) is 0 Å². The molecule has 0 fully saturated rings. The molecule has 0 amide bonds. The van der Waals surface area contributed by atoms with E-state index < -0.39 is 5.82 Å². The molecule has 0 spiro atoms. The standard InChI is InChI=1S/C12H15FO2/c1-3-4-10(14)8-15-12-7-9(2)5-6-11(12)13/h5-7H,3-4,8H2,1-2H3. The van der Waals surface area contributed by atoms with Gasteiger partial charge < -0.3 is 4.74 Å². The molecule has 0 atom stereocenters.